The Morgan fingerprint density at radius 1 is 0.576 bits per heavy atom. The van der Waals surface area contributed by atoms with E-state index in [1.54, 1.807) is 13.8 Å². The summed E-state index contributed by atoms with van der Waals surface area (Å²) in [7, 11) is 0. The van der Waals surface area contributed by atoms with Crippen molar-refractivity contribution in [1.29, 1.82) is 0 Å². The van der Waals surface area contributed by atoms with Gasteiger partial charge in [-0.25, -0.2) is 0 Å². The Hall–Kier alpha value is -1.34. The zero-order chi connectivity index (χ0) is 68.3. The van der Waals surface area contributed by atoms with Crippen LogP contribution in [0.2, 0.25) is 0 Å². The van der Waals surface area contributed by atoms with Crippen LogP contribution in [0, 0.1) is 57.7 Å². The Kier molecular flexibility index (Phi) is 24.5. The quantitative estimate of drug-likeness (QED) is 0.0344. The van der Waals surface area contributed by atoms with Crippen LogP contribution in [0.5, 0.6) is 0 Å². The molecule has 27 nitrogen and oxygen atoms in total. The number of rotatable bonds is 24. The highest BCUT2D eigenvalue weighted by atomic mass is 16.7. The average molecular weight is 1330 g/mol. The fraction of sp³-hybridized carbons (Fsp3) is 0.969. The van der Waals surface area contributed by atoms with E-state index in [0.717, 1.165) is 12.8 Å². The van der Waals surface area contributed by atoms with E-state index in [9.17, 15) is 91.9 Å². The van der Waals surface area contributed by atoms with Crippen molar-refractivity contribution in [3.63, 3.8) is 0 Å². The maximum absolute atomic E-state index is 12.5. The molecule has 3 saturated carbocycles. The lowest BCUT2D eigenvalue weighted by Crippen LogP contribution is -2.69. The van der Waals surface area contributed by atoms with Gasteiger partial charge in [-0.1, -0.05) is 60.1 Å². The van der Waals surface area contributed by atoms with Crippen molar-refractivity contribution in [3.05, 3.63) is 11.6 Å². The van der Waals surface area contributed by atoms with Crippen molar-refractivity contribution < 1.29 is 135 Å². The molecule has 0 radical (unpaired) electrons. The predicted octanol–water partition coefficient (Wildman–Crippen LogP) is -2.74. The number of hydrogen-bond donors (Lipinski definition) is 18. The lowest BCUT2D eigenvalue weighted by Gasteiger charge is -2.62. The first kappa shape index (κ1) is 76.4. The highest BCUT2D eigenvalue weighted by Gasteiger charge is 2.62. The predicted molar refractivity (Wildman–Crippen MR) is 323 cm³/mol. The van der Waals surface area contributed by atoms with Gasteiger partial charge in [-0.3, -0.25) is 0 Å². The van der Waals surface area contributed by atoms with Crippen LogP contribution < -0.4 is 0 Å². The molecule has 0 aromatic heterocycles. The second-order valence-corrected chi connectivity index (χ2v) is 30.9. The maximum Gasteiger partial charge on any atom is 0.195 e. The molecule has 34 atom stereocenters. The van der Waals surface area contributed by atoms with E-state index in [1.807, 2.05) is 0 Å². The molecule has 7 fully saturated rings. The summed E-state index contributed by atoms with van der Waals surface area (Å²) in [6, 6.07) is 0. The van der Waals surface area contributed by atoms with E-state index in [1.165, 1.54) is 26.3 Å². The molecule has 8 aliphatic rings. The molecule has 18 N–H and O–H groups in total. The standard InChI is InChI=1S/C65H114O27/c1-30(12-17-45(71)87-29-63(9)58(92-65(11)57(83)53(79)49(75)42(23-68)91-65)39(69)18-34(88-63)25-85-28-62(8)56(82)52(78)48(74)41(22-67)90-62)31(2)35-19-43(70)64(10)36(32(35)3)13-14-37-38(64)15-16-44(59(37,4)5)86-26-60(6)20-33(46(72)50(76)54(60)80)24-84-27-61(7)55(81)51(77)47(73)40(21-66)89-61/h14,30-36,38-58,66-83H,12-13,15-29H2,1-11H3/t30?,31-,32?,33?,34?,35?,36?,38?,39?,40?,41?,42?,43?,44?,45?,46+,47+,48-,49-,50+,51+,52?,53?,54?,55?,56+,57+,58+,60-,61-,62+,63+,64?,65+/m0/s1. The molecule has 536 valence electrons. The van der Waals surface area contributed by atoms with Gasteiger partial charge in [-0.05, 0) is 108 Å². The van der Waals surface area contributed by atoms with Gasteiger partial charge in [0.05, 0.1) is 96.1 Å². The highest BCUT2D eigenvalue weighted by Crippen LogP contribution is 2.64. The summed E-state index contributed by atoms with van der Waals surface area (Å²) in [6.07, 6.45) is -23.0. The van der Waals surface area contributed by atoms with Crippen molar-refractivity contribution in [2.24, 2.45) is 57.7 Å². The van der Waals surface area contributed by atoms with Gasteiger partial charge in [0.25, 0.3) is 0 Å². The van der Waals surface area contributed by atoms with E-state index in [-0.39, 0.29) is 93.9 Å². The van der Waals surface area contributed by atoms with Gasteiger partial charge >= 0.3 is 0 Å². The van der Waals surface area contributed by atoms with Crippen LogP contribution in [0.15, 0.2) is 11.6 Å². The summed E-state index contributed by atoms with van der Waals surface area (Å²) in [5.74, 6) is -2.11. The van der Waals surface area contributed by atoms with Crippen molar-refractivity contribution in [2.45, 2.75) is 278 Å². The molecule has 0 amide bonds. The second-order valence-electron chi connectivity index (χ2n) is 30.9. The van der Waals surface area contributed by atoms with Crippen molar-refractivity contribution >= 4 is 0 Å². The first-order valence-electron chi connectivity index (χ1n) is 33.3. The molecule has 27 heteroatoms. The van der Waals surface area contributed by atoms with Crippen molar-refractivity contribution in [3.8, 4) is 0 Å². The van der Waals surface area contributed by atoms with Crippen LogP contribution in [0.25, 0.3) is 0 Å². The Balaban J connectivity index is 0.873. The van der Waals surface area contributed by atoms with Crippen molar-refractivity contribution in [1.82, 2.24) is 0 Å². The van der Waals surface area contributed by atoms with E-state index < -0.39 is 193 Å². The molecule has 0 aromatic rings. The third-order valence-corrected chi connectivity index (χ3v) is 23.9. The van der Waals surface area contributed by atoms with Crippen molar-refractivity contribution in [2.75, 3.05) is 59.5 Å². The minimum absolute atomic E-state index is 0.0489. The van der Waals surface area contributed by atoms with Crippen LogP contribution in [0.4, 0.5) is 0 Å². The van der Waals surface area contributed by atoms with Gasteiger partial charge in [0.2, 0.25) is 0 Å². The van der Waals surface area contributed by atoms with E-state index in [0.29, 0.717) is 19.3 Å². The summed E-state index contributed by atoms with van der Waals surface area (Å²) >= 11 is 0. The number of aliphatic hydroxyl groups excluding tert-OH is 18. The van der Waals surface area contributed by atoms with Gasteiger partial charge in [-0.2, -0.15) is 0 Å². The summed E-state index contributed by atoms with van der Waals surface area (Å²) in [4.78, 5) is 0. The fourth-order valence-electron chi connectivity index (χ4n) is 17.5. The molecule has 92 heavy (non-hydrogen) atoms. The topological polar surface area (TPSA) is 447 Å². The highest BCUT2D eigenvalue weighted by molar-refractivity contribution is 5.29. The smallest absolute Gasteiger partial charge is 0.195 e. The Bertz CT molecular complexity index is 2410. The van der Waals surface area contributed by atoms with E-state index in [4.69, 9.17) is 42.6 Å². The second kappa shape index (κ2) is 29.5. The average Bonchev–Trinajstić information content (AvgIpc) is 0.713. The van der Waals surface area contributed by atoms with Gasteiger partial charge < -0.3 is 135 Å². The summed E-state index contributed by atoms with van der Waals surface area (Å²) in [5.41, 5.74) is -5.49. The summed E-state index contributed by atoms with van der Waals surface area (Å²) in [6.45, 7) is 17.4. The summed E-state index contributed by atoms with van der Waals surface area (Å²) in [5, 5.41) is 195. The Morgan fingerprint density at radius 3 is 1.67 bits per heavy atom. The molecule has 8 rings (SSSR count). The monoisotopic (exact) mass is 1330 g/mol. The van der Waals surface area contributed by atoms with E-state index in [2.05, 4.69) is 47.6 Å². The SMILES string of the molecule is CC1C([C@@H](C)C(C)CCC(O)OC[C@@]2(C)OC(COC[C@@]3(C)OC(CO)[C@H](O)C(O)[C@H]3O)CC(O)[C@H]2O[C@@]2(C)OC(CO)[C@H](O)C(O)[C@H]2O)CC(O)C2(C)C3CCC(OC[C@]4(C)CC(COC[C@]5(C)OC(CO)[C@@H](O)[C@@H](O)C5O)[C@@H](O)[C@@H](O)C4O)C(C)(C)C3=CCC12. The number of ether oxygens (including phenoxy) is 9. The Morgan fingerprint density at radius 2 is 1.11 bits per heavy atom. The van der Waals surface area contributed by atoms with Gasteiger partial charge in [0.15, 0.2) is 12.1 Å². The van der Waals surface area contributed by atoms with Gasteiger partial charge in [0.1, 0.15) is 102 Å². The van der Waals surface area contributed by atoms with Gasteiger partial charge in [-0.15, -0.1) is 0 Å². The first-order chi connectivity index (χ1) is 42.8. The normalized spacial score (nSPS) is 50.9. The first-order valence-corrected chi connectivity index (χ1v) is 33.3. The molecular weight excluding hydrogens is 1210 g/mol. The van der Waals surface area contributed by atoms with Crippen LogP contribution in [-0.4, -0.2) is 302 Å². The van der Waals surface area contributed by atoms with Crippen LogP contribution in [0.1, 0.15) is 128 Å². The largest absolute Gasteiger partial charge is 0.394 e. The lowest BCUT2D eigenvalue weighted by atomic mass is 9.44. The fourth-order valence-corrected chi connectivity index (χ4v) is 17.5. The van der Waals surface area contributed by atoms with Crippen LogP contribution in [-0.2, 0) is 42.6 Å². The maximum atomic E-state index is 12.5. The molecule has 4 aliphatic carbocycles. The minimum Gasteiger partial charge on any atom is -0.394 e. The molecular formula is C65H114O27. The lowest BCUT2D eigenvalue weighted by molar-refractivity contribution is -0.396. The number of hydrogen-bond acceptors (Lipinski definition) is 27. The molecule has 4 saturated heterocycles. The van der Waals surface area contributed by atoms with Crippen LogP contribution in [0.3, 0.4) is 0 Å². The zero-order valence-electron chi connectivity index (χ0n) is 55.5. The van der Waals surface area contributed by atoms with Crippen LogP contribution >= 0.6 is 0 Å². The summed E-state index contributed by atoms with van der Waals surface area (Å²) < 4.78 is 55.1. The zero-order valence-corrected chi connectivity index (χ0v) is 55.5. The van der Waals surface area contributed by atoms with E-state index >= 15 is 0 Å². The van der Waals surface area contributed by atoms with Gasteiger partial charge in [0, 0.05) is 28.6 Å². The number of aliphatic hydroxyl groups is 18. The minimum atomic E-state index is -2.12. The molecule has 4 heterocycles. The number of allylic oxidation sites excluding steroid dienone is 1. The third kappa shape index (κ3) is 14.6. The Labute approximate surface area is 540 Å². The molecule has 0 bridgehead atoms. The molecule has 0 spiro atoms. The molecule has 19 unspecified atom stereocenters. The molecule has 4 aliphatic heterocycles. The molecule has 0 aromatic carbocycles. The number of fused-ring (bicyclic) bond motifs is 3. The third-order valence-electron chi connectivity index (χ3n) is 23.9.